The van der Waals surface area contributed by atoms with Gasteiger partial charge in [-0.05, 0) is 18.8 Å². The van der Waals surface area contributed by atoms with Gasteiger partial charge in [0.25, 0.3) is 0 Å². The van der Waals surface area contributed by atoms with Gasteiger partial charge >= 0.3 is 6.03 Å². The Hall–Kier alpha value is -1.52. The maximum atomic E-state index is 11.5. The molecule has 1 heterocycles. The number of Topliss-reactive ketones (excluding diaryl/α,β-unsaturated/α-hetero) is 1. The topological polar surface area (TPSA) is 75.6 Å². The third kappa shape index (κ3) is 2.11. The Morgan fingerprint density at radius 1 is 1.33 bits per heavy atom. The minimum atomic E-state index is -0.613. The molecule has 0 spiro atoms. The Morgan fingerprint density at radius 3 is 2.80 bits per heavy atom. The van der Waals surface area contributed by atoms with Crippen molar-refractivity contribution in [2.45, 2.75) is 25.7 Å². The van der Waals surface area contributed by atoms with Gasteiger partial charge in [-0.25, -0.2) is 9.79 Å². The molecule has 0 bridgehead atoms. The first-order valence-electron chi connectivity index (χ1n) is 5.07. The lowest BCUT2D eigenvalue weighted by atomic mass is 9.79. The molecular weight excluding hydrogens is 196 g/mol. The molecule has 1 aliphatic heterocycles. The number of carbonyl (C=O) groups excluding carboxylic acids is 3. The number of urea groups is 1. The number of hydrogen-bond acceptors (Lipinski definition) is 3. The number of carbonyl (C=O) groups is 3. The molecule has 0 radical (unpaired) electrons. The van der Waals surface area contributed by atoms with Crippen LogP contribution in [0.25, 0.3) is 0 Å². The van der Waals surface area contributed by atoms with E-state index in [4.69, 9.17) is 0 Å². The summed E-state index contributed by atoms with van der Waals surface area (Å²) in [5, 5.41) is 2.15. The standard InChI is InChI=1S/C10H12N2O3/c13-7-3-1-2-6(4-7)8-5-11-10(15)12-9(8)14/h5-6,8H,1-4H2,(H,12,14,15)/t6-,8-/m0/s1. The van der Waals surface area contributed by atoms with Gasteiger partial charge < -0.3 is 0 Å². The zero-order valence-electron chi connectivity index (χ0n) is 8.23. The minimum absolute atomic E-state index is 0.0168. The highest BCUT2D eigenvalue weighted by Gasteiger charge is 2.33. The van der Waals surface area contributed by atoms with Crippen LogP contribution in [0.2, 0.25) is 0 Å². The molecule has 1 N–H and O–H groups in total. The predicted octanol–water partition coefficient (Wildman–Crippen LogP) is 0.683. The van der Waals surface area contributed by atoms with E-state index < -0.39 is 11.9 Å². The molecule has 0 aromatic carbocycles. The second-order valence-electron chi connectivity index (χ2n) is 3.99. The Kier molecular flexibility index (Phi) is 2.62. The van der Waals surface area contributed by atoms with Gasteiger partial charge in [-0.15, -0.1) is 0 Å². The quantitative estimate of drug-likeness (QED) is 0.688. The Bertz CT molecular complexity index is 349. The van der Waals surface area contributed by atoms with E-state index in [0.717, 1.165) is 12.8 Å². The van der Waals surface area contributed by atoms with Crippen LogP contribution in [0.5, 0.6) is 0 Å². The summed E-state index contributed by atoms with van der Waals surface area (Å²) in [4.78, 5) is 37.0. The van der Waals surface area contributed by atoms with Crippen LogP contribution >= 0.6 is 0 Å². The van der Waals surface area contributed by atoms with Crippen LogP contribution in [0, 0.1) is 11.8 Å². The molecule has 1 aliphatic carbocycles. The molecule has 0 unspecified atom stereocenters. The van der Waals surface area contributed by atoms with Crippen LogP contribution < -0.4 is 5.32 Å². The van der Waals surface area contributed by atoms with Crippen LogP contribution in [-0.4, -0.2) is 23.9 Å². The number of ketones is 1. The van der Waals surface area contributed by atoms with Crippen LogP contribution in [0.3, 0.4) is 0 Å². The van der Waals surface area contributed by atoms with E-state index in [2.05, 4.69) is 10.3 Å². The average molecular weight is 208 g/mol. The third-order valence-electron chi connectivity index (χ3n) is 2.91. The molecule has 80 valence electrons. The van der Waals surface area contributed by atoms with Gasteiger partial charge in [0, 0.05) is 19.1 Å². The van der Waals surface area contributed by atoms with E-state index in [1.165, 1.54) is 6.21 Å². The molecule has 2 aliphatic rings. The first-order chi connectivity index (χ1) is 7.16. The van der Waals surface area contributed by atoms with E-state index in [-0.39, 0.29) is 17.6 Å². The van der Waals surface area contributed by atoms with Crippen molar-refractivity contribution in [3.63, 3.8) is 0 Å². The van der Waals surface area contributed by atoms with Crippen molar-refractivity contribution in [3.8, 4) is 0 Å². The second kappa shape index (κ2) is 3.92. The van der Waals surface area contributed by atoms with Crippen molar-refractivity contribution in [2.75, 3.05) is 0 Å². The zero-order valence-corrected chi connectivity index (χ0v) is 8.23. The second-order valence-corrected chi connectivity index (χ2v) is 3.99. The molecule has 1 fully saturated rings. The molecule has 0 aromatic heterocycles. The van der Waals surface area contributed by atoms with Gasteiger partial charge in [-0.1, -0.05) is 0 Å². The molecule has 15 heavy (non-hydrogen) atoms. The Labute approximate surface area is 86.9 Å². The highest BCUT2D eigenvalue weighted by atomic mass is 16.2. The van der Waals surface area contributed by atoms with E-state index in [1.54, 1.807) is 0 Å². The number of amides is 3. The molecule has 5 heteroatoms. The average Bonchev–Trinajstić information content (AvgIpc) is 2.17. The minimum Gasteiger partial charge on any atom is -0.300 e. The fraction of sp³-hybridized carbons (Fsp3) is 0.600. The lowest BCUT2D eigenvalue weighted by Crippen LogP contribution is -2.43. The zero-order chi connectivity index (χ0) is 10.8. The molecule has 5 nitrogen and oxygen atoms in total. The monoisotopic (exact) mass is 208 g/mol. The SMILES string of the molecule is O=C1CCC[C@H]([C@@H]2C=NC(=O)NC2=O)C1. The first-order valence-corrected chi connectivity index (χ1v) is 5.07. The van der Waals surface area contributed by atoms with Gasteiger partial charge in [-0.3, -0.25) is 14.9 Å². The number of aliphatic imine (C=N–C) groups is 1. The van der Waals surface area contributed by atoms with Gasteiger partial charge in [0.2, 0.25) is 5.91 Å². The number of hydrogen-bond donors (Lipinski definition) is 1. The molecule has 0 saturated heterocycles. The Balaban J connectivity index is 2.09. The molecule has 3 amide bonds. The number of nitrogens with zero attached hydrogens (tertiary/aromatic N) is 1. The summed E-state index contributed by atoms with van der Waals surface area (Å²) in [6.07, 6.45) is 4.10. The Morgan fingerprint density at radius 2 is 2.13 bits per heavy atom. The van der Waals surface area contributed by atoms with Crippen molar-refractivity contribution < 1.29 is 14.4 Å². The molecule has 2 rings (SSSR count). The summed E-state index contributed by atoms with van der Waals surface area (Å²) >= 11 is 0. The maximum absolute atomic E-state index is 11.5. The van der Waals surface area contributed by atoms with Crippen molar-refractivity contribution in [2.24, 2.45) is 16.8 Å². The summed E-state index contributed by atoms with van der Waals surface area (Å²) in [6.45, 7) is 0. The lowest BCUT2D eigenvalue weighted by Gasteiger charge is -2.27. The third-order valence-corrected chi connectivity index (χ3v) is 2.91. The fourth-order valence-electron chi connectivity index (χ4n) is 2.14. The summed E-state index contributed by atoms with van der Waals surface area (Å²) < 4.78 is 0. The molecule has 0 aromatic rings. The summed E-state index contributed by atoms with van der Waals surface area (Å²) in [5.74, 6) is -0.519. The van der Waals surface area contributed by atoms with Crippen LogP contribution in [0.15, 0.2) is 4.99 Å². The molecular formula is C10H12N2O3. The van der Waals surface area contributed by atoms with E-state index in [9.17, 15) is 14.4 Å². The predicted molar refractivity (Wildman–Crippen MR) is 52.5 cm³/mol. The largest absolute Gasteiger partial charge is 0.347 e. The van der Waals surface area contributed by atoms with Gasteiger partial charge in [0.15, 0.2) is 0 Å². The molecule has 1 saturated carbocycles. The highest BCUT2D eigenvalue weighted by molar-refractivity contribution is 6.09. The van der Waals surface area contributed by atoms with E-state index in [0.29, 0.717) is 12.8 Å². The normalized spacial score (nSPS) is 31.6. The van der Waals surface area contributed by atoms with Crippen LogP contribution in [0.1, 0.15) is 25.7 Å². The number of rotatable bonds is 1. The van der Waals surface area contributed by atoms with E-state index >= 15 is 0 Å². The van der Waals surface area contributed by atoms with Crippen molar-refractivity contribution in [3.05, 3.63) is 0 Å². The number of nitrogens with one attached hydrogen (secondary N) is 1. The van der Waals surface area contributed by atoms with Gasteiger partial charge in [0.1, 0.15) is 5.78 Å². The molecule has 2 atom stereocenters. The van der Waals surface area contributed by atoms with Crippen LogP contribution in [-0.2, 0) is 9.59 Å². The summed E-state index contributed by atoms with van der Waals surface area (Å²) in [6, 6.07) is -0.613. The smallest absolute Gasteiger partial charge is 0.300 e. The summed E-state index contributed by atoms with van der Waals surface area (Å²) in [5.41, 5.74) is 0. The van der Waals surface area contributed by atoms with Gasteiger partial charge in [-0.2, -0.15) is 0 Å². The van der Waals surface area contributed by atoms with Crippen molar-refractivity contribution >= 4 is 23.9 Å². The van der Waals surface area contributed by atoms with E-state index in [1.807, 2.05) is 0 Å². The van der Waals surface area contributed by atoms with Gasteiger partial charge in [0.05, 0.1) is 5.92 Å². The van der Waals surface area contributed by atoms with Crippen molar-refractivity contribution in [1.82, 2.24) is 5.32 Å². The van der Waals surface area contributed by atoms with Crippen LogP contribution in [0.4, 0.5) is 4.79 Å². The highest BCUT2D eigenvalue weighted by Crippen LogP contribution is 2.28. The summed E-state index contributed by atoms with van der Waals surface area (Å²) in [7, 11) is 0. The first kappa shape index (κ1) is 10.0. The van der Waals surface area contributed by atoms with Crippen molar-refractivity contribution in [1.29, 1.82) is 0 Å². The fourth-order valence-corrected chi connectivity index (χ4v) is 2.14. The lowest BCUT2D eigenvalue weighted by molar-refractivity contribution is -0.125. The maximum Gasteiger partial charge on any atom is 0.347 e. The number of imide groups is 1.